The van der Waals surface area contributed by atoms with Gasteiger partial charge >= 0.3 is 0 Å². The van der Waals surface area contributed by atoms with Crippen LogP contribution in [0.15, 0.2) is 73.2 Å². The average molecular weight is 386 g/mol. The summed E-state index contributed by atoms with van der Waals surface area (Å²) < 4.78 is 1.82. The number of aromatic nitrogens is 2. The van der Waals surface area contributed by atoms with Crippen molar-refractivity contribution < 1.29 is 14.8 Å². The van der Waals surface area contributed by atoms with E-state index in [2.05, 4.69) is 10.3 Å². The molecule has 29 heavy (non-hydrogen) atoms. The maximum absolute atomic E-state index is 13.0. The zero-order valence-electron chi connectivity index (χ0n) is 15.6. The molecule has 0 radical (unpaired) electrons. The lowest BCUT2D eigenvalue weighted by Gasteiger charge is -2.10. The summed E-state index contributed by atoms with van der Waals surface area (Å²) in [6.07, 6.45) is 5.38. The van der Waals surface area contributed by atoms with Gasteiger partial charge in [0.15, 0.2) is 0 Å². The number of carbonyl (C=O) groups is 2. The van der Waals surface area contributed by atoms with Gasteiger partial charge in [0.1, 0.15) is 5.65 Å². The molecule has 0 aliphatic heterocycles. The van der Waals surface area contributed by atoms with E-state index in [4.69, 9.17) is 5.21 Å². The molecule has 4 aromatic rings. The van der Waals surface area contributed by atoms with Gasteiger partial charge in [-0.15, -0.1) is 0 Å². The van der Waals surface area contributed by atoms with Crippen LogP contribution in [0.1, 0.15) is 26.3 Å². The van der Waals surface area contributed by atoms with Crippen LogP contribution in [0.5, 0.6) is 0 Å². The number of nitrogens with one attached hydrogen (secondary N) is 2. The van der Waals surface area contributed by atoms with Crippen LogP contribution in [0.25, 0.3) is 16.8 Å². The number of rotatable bonds is 4. The van der Waals surface area contributed by atoms with Crippen molar-refractivity contribution in [1.82, 2.24) is 14.9 Å². The molecule has 2 aromatic heterocycles. The van der Waals surface area contributed by atoms with Gasteiger partial charge in [0, 0.05) is 29.8 Å². The predicted octanol–water partition coefficient (Wildman–Crippen LogP) is 3.68. The minimum Gasteiger partial charge on any atom is -0.322 e. The van der Waals surface area contributed by atoms with E-state index >= 15 is 0 Å². The fourth-order valence-corrected chi connectivity index (χ4v) is 3.07. The summed E-state index contributed by atoms with van der Waals surface area (Å²) in [4.78, 5) is 28.7. The molecular formula is C22H18N4O3. The van der Waals surface area contributed by atoms with Crippen LogP contribution in [0.2, 0.25) is 0 Å². The summed E-state index contributed by atoms with van der Waals surface area (Å²) in [6, 6.07) is 16.1. The topological polar surface area (TPSA) is 95.7 Å². The number of hydrogen-bond acceptors (Lipinski definition) is 4. The summed E-state index contributed by atoms with van der Waals surface area (Å²) in [7, 11) is 0. The largest absolute Gasteiger partial charge is 0.322 e. The van der Waals surface area contributed by atoms with Crippen LogP contribution in [0, 0.1) is 6.92 Å². The van der Waals surface area contributed by atoms with Gasteiger partial charge in [0.2, 0.25) is 0 Å². The lowest BCUT2D eigenvalue weighted by molar-refractivity contribution is 0.0706. The van der Waals surface area contributed by atoms with Crippen LogP contribution in [0.3, 0.4) is 0 Å². The van der Waals surface area contributed by atoms with Crippen LogP contribution < -0.4 is 10.8 Å². The van der Waals surface area contributed by atoms with E-state index in [0.717, 1.165) is 16.7 Å². The molecule has 0 saturated carbocycles. The molecule has 2 aromatic carbocycles. The molecule has 0 fully saturated rings. The predicted molar refractivity (Wildman–Crippen MR) is 109 cm³/mol. The molecule has 3 N–H and O–H groups in total. The normalized spacial score (nSPS) is 10.7. The molecule has 0 aliphatic carbocycles. The molecule has 0 saturated heterocycles. The van der Waals surface area contributed by atoms with E-state index in [0.29, 0.717) is 16.9 Å². The summed E-state index contributed by atoms with van der Waals surface area (Å²) in [6.45, 7) is 2.02. The lowest BCUT2D eigenvalue weighted by Crippen LogP contribution is -2.18. The van der Waals surface area contributed by atoms with Crippen LogP contribution in [-0.2, 0) is 0 Å². The first kappa shape index (κ1) is 18.4. The van der Waals surface area contributed by atoms with Crippen molar-refractivity contribution in [1.29, 1.82) is 0 Å². The molecular weight excluding hydrogens is 368 g/mol. The Bertz CT molecular complexity index is 1200. The van der Waals surface area contributed by atoms with Gasteiger partial charge in [-0.3, -0.25) is 14.8 Å². The van der Waals surface area contributed by atoms with Crippen LogP contribution in [0.4, 0.5) is 5.69 Å². The Morgan fingerprint density at radius 3 is 2.38 bits per heavy atom. The van der Waals surface area contributed by atoms with Gasteiger partial charge in [-0.25, -0.2) is 10.5 Å². The molecule has 0 spiro atoms. The van der Waals surface area contributed by atoms with Crippen molar-refractivity contribution in [2.45, 2.75) is 6.92 Å². The van der Waals surface area contributed by atoms with Gasteiger partial charge in [-0.1, -0.05) is 29.8 Å². The minimum atomic E-state index is -0.618. The number of amides is 2. The molecule has 7 nitrogen and oxygen atoms in total. The molecule has 2 heterocycles. The number of hydrogen-bond donors (Lipinski definition) is 3. The third-order valence-corrected chi connectivity index (χ3v) is 4.62. The van der Waals surface area contributed by atoms with Crippen molar-refractivity contribution in [2.24, 2.45) is 0 Å². The summed E-state index contributed by atoms with van der Waals surface area (Å²) in [5.74, 6) is -0.928. The molecule has 4 rings (SSSR count). The standard InChI is InChI=1S/C22H18N4O3/c1-14-2-4-15(5-3-14)17-12-19(20-23-10-11-26(20)13-17)22(28)24-18-8-6-16(7-9-18)21(27)25-29/h2-13,29H,1H3,(H,24,28)(H,25,27). The minimum absolute atomic E-state index is 0.280. The smallest absolute Gasteiger partial charge is 0.274 e. The fourth-order valence-electron chi connectivity index (χ4n) is 3.07. The van der Waals surface area contributed by atoms with Gasteiger partial charge in [0.05, 0.1) is 5.56 Å². The van der Waals surface area contributed by atoms with E-state index < -0.39 is 5.91 Å². The summed E-state index contributed by atoms with van der Waals surface area (Å²) >= 11 is 0. The number of carbonyl (C=O) groups excluding carboxylic acids is 2. The summed E-state index contributed by atoms with van der Waals surface area (Å²) in [5, 5.41) is 11.5. The molecule has 2 amide bonds. The summed E-state index contributed by atoms with van der Waals surface area (Å²) in [5.41, 5.74) is 6.42. The highest BCUT2D eigenvalue weighted by molar-refractivity contribution is 6.09. The van der Waals surface area contributed by atoms with Gasteiger partial charge in [-0.05, 0) is 48.4 Å². The van der Waals surface area contributed by atoms with E-state index in [-0.39, 0.29) is 11.5 Å². The monoisotopic (exact) mass is 386 g/mol. The van der Waals surface area contributed by atoms with Gasteiger partial charge < -0.3 is 9.72 Å². The second kappa shape index (κ2) is 7.57. The Balaban J connectivity index is 1.67. The molecule has 0 bridgehead atoms. The highest BCUT2D eigenvalue weighted by atomic mass is 16.5. The zero-order valence-corrected chi connectivity index (χ0v) is 15.6. The molecule has 0 unspecified atom stereocenters. The number of benzene rings is 2. The number of hydroxylamine groups is 1. The van der Waals surface area contributed by atoms with E-state index in [9.17, 15) is 9.59 Å². The van der Waals surface area contributed by atoms with E-state index in [1.54, 1.807) is 30.0 Å². The van der Waals surface area contributed by atoms with Crippen LogP contribution >= 0.6 is 0 Å². The lowest BCUT2D eigenvalue weighted by atomic mass is 10.0. The van der Waals surface area contributed by atoms with E-state index in [1.807, 2.05) is 47.9 Å². The Kier molecular flexibility index (Phi) is 4.80. The average Bonchev–Trinajstić information content (AvgIpc) is 3.22. The zero-order chi connectivity index (χ0) is 20.4. The highest BCUT2D eigenvalue weighted by Crippen LogP contribution is 2.24. The third-order valence-electron chi connectivity index (χ3n) is 4.62. The Hall–Kier alpha value is -3.97. The maximum Gasteiger partial charge on any atom is 0.274 e. The first-order chi connectivity index (χ1) is 14.0. The van der Waals surface area contributed by atoms with Crippen molar-refractivity contribution in [3.63, 3.8) is 0 Å². The molecule has 0 atom stereocenters. The van der Waals surface area contributed by atoms with Crippen molar-refractivity contribution in [3.05, 3.63) is 89.9 Å². The van der Waals surface area contributed by atoms with Gasteiger partial charge in [0.25, 0.3) is 11.8 Å². The number of imidazole rings is 1. The second-order valence-electron chi connectivity index (χ2n) is 6.64. The second-order valence-corrected chi connectivity index (χ2v) is 6.64. The molecule has 144 valence electrons. The number of fused-ring (bicyclic) bond motifs is 1. The number of pyridine rings is 1. The Morgan fingerprint density at radius 2 is 1.69 bits per heavy atom. The highest BCUT2D eigenvalue weighted by Gasteiger charge is 2.15. The fraction of sp³-hybridized carbons (Fsp3) is 0.0455. The maximum atomic E-state index is 13.0. The number of anilines is 1. The Morgan fingerprint density at radius 1 is 0.966 bits per heavy atom. The van der Waals surface area contributed by atoms with Crippen LogP contribution in [-0.4, -0.2) is 26.4 Å². The third kappa shape index (κ3) is 3.71. The van der Waals surface area contributed by atoms with Crippen molar-refractivity contribution in [3.8, 4) is 11.1 Å². The molecule has 0 aliphatic rings. The first-order valence-corrected chi connectivity index (χ1v) is 8.95. The molecule has 7 heteroatoms. The quantitative estimate of drug-likeness (QED) is 0.368. The number of aryl methyl sites for hydroxylation is 1. The van der Waals surface area contributed by atoms with E-state index in [1.165, 1.54) is 12.1 Å². The number of nitrogens with zero attached hydrogens (tertiary/aromatic N) is 2. The SMILES string of the molecule is Cc1ccc(-c2cc(C(=O)Nc3ccc(C(=O)NO)cc3)c3nccn3c2)cc1. The Labute approximate surface area is 166 Å². The van der Waals surface area contributed by atoms with Crippen molar-refractivity contribution in [2.75, 3.05) is 5.32 Å². The van der Waals surface area contributed by atoms with Crippen molar-refractivity contribution >= 4 is 23.1 Å². The first-order valence-electron chi connectivity index (χ1n) is 8.95. The van der Waals surface area contributed by atoms with Gasteiger partial charge in [-0.2, -0.15) is 0 Å².